The Morgan fingerprint density at radius 3 is 2.88 bits per heavy atom. The minimum Gasteiger partial charge on any atom is -0.358 e. The van der Waals surface area contributed by atoms with Crippen molar-refractivity contribution in [3.8, 4) is 0 Å². The standard InChI is InChI=1S/C13H17N3O/c1-9-10(7-8-15-13(17)14-2)11-5-3-4-6-12(11)16-9/h3-6,16H,7-8H2,1-2H3,(H2,14,15,17). The van der Waals surface area contributed by atoms with Gasteiger partial charge in [0.15, 0.2) is 0 Å². The second kappa shape index (κ2) is 4.91. The monoisotopic (exact) mass is 231 g/mol. The van der Waals surface area contributed by atoms with E-state index in [1.54, 1.807) is 7.05 Å². The molecular weight excluding hydrogens is 214 g/mol. The fourth-order valence-corrected chi connectivity index (χ4v) is 2.05. The van der Waals surface area contributed by atoms with Crippen LogP contribution in [0.3, 0.4) is 0 Å². The molecule has 0 radical (unpaired) electrons. The molecule has 2 rings (SSSR count). The third-order valence-corrected chi connectivity index (χ3v) is 2.91. The third-order valence-electron chi connectivity index (χ3n) is 2.91. The van der Waals surface area contributed by atoms with Gasteiger partial charge in [0.2, 0.25) is 0 Å². The van der Waals surface area contributed by atoms with Crippen molar-refractivity contribution in [3.63, 3.8) is 0 Å². The number of benzene rings is 1. The smallest absolute Gasteiger partial charge is 0.314 e. The molecule has 1 heterocycles. The number of amides is 2. The van der Waals surface area contributed by atoms with Gasteiger partial charge in [-0.05, 0) is 25.0 Å². The quantitative estimate of drug-likeness (QED) is 0.743. The molecule has 17 heavy (non-hydrogen) atoms. The minimum atomic E-state index is -0.137. The van der Waals surface area contributed by atoms with Gasteiger partial charge in [-0.15, -0.1) is 0 Å². The summed E-state index contributed by atoms with van der Waals surface area (Å²) < 4.78 is 0. The van der Waals surface area contributed by atoms with Gasteiger partial charge in [-0.1, -0.05) is 18.2 Å². The number of rotatable bonds is 3. The Kier molecular flexibility index (Phi) is 3.32. The SMILES string of the molecule is CNC(=O)NCCc1c(C)[nH]c2ccccc12. The van der Waals surface area contributed by atoms with Crippen molar-refractivity contribution < 1.29 is 4.79 Å². The van der Waals surface area contributed by atoms with Crippen LogP contribution in [-0.2, 0) is 6.42 Å². The zero-order chi connectivity index (χ0) is 12.3. The second-order valence-electron chi connectivity index (χ2n) is 4.03. The van der Waals surface area contributed by atoms with Crippen LogP contribution in [0.25, 0.3) is 10.9 Å². The third kappa shape index (κ3) is 2.41. The maximum atomic E-state index is 11.1. The summed E-state index contributed by atoms with van der Waals surface area (Å²) in [6.07, 6.45) is 0.837. The van der Waals surface area contributed by atoms with E-state index in [2.05, 4.69) is 34.7 Å². The summed E-state index contributed by atoms with van der Waals surface area (Å²) in [5, 5.41) is 6.58. The molecule has 2 aromatic rings. The van der Waals surface area contributed by atoms with Gasteiger partial charge in [-0.3, -0.25) is 0 Å². The first-order valence-electron chi connectivity index (χ1n) is 5.74. The van der Waals surface area contributed by atoms with Gasteiger partial charge in [-0.2, -0.15) is 0 Å². The Bertz CT molecular complexity index is 530. The summed E-state index contributed by atoms with van der Waals surface area (Å²) >= 11 is 0. The first-order valence-corrected chi connectivity index (χ1v) is 5.74. The molecule has 0 spiro atoms. The largest absolute Gasteiger partial charge is 0.358 e. The molecule has 4 nitrogen and oxygen atoms in total. The van der Waals surface area contributed by atoms with E-state index in [1.165, 1.54) is 16.6 Å². The van der Waals surface area contributed by atoms with E-state index in [9.17, 15) is 4.79 Å². The minimum absolute atomic E-state index is 0.137. The molecule has 0 fully saturated rings. The summed E-state index contributed by atoms with van der Waals surface area (Å²) in [5.74, 6) is 0. The highest BCUT2D eigenvalue weighted by Crippen LogP contribution is 2.21. The molecule has 4 heteroatoms. The summed E-state index contributed by atoms with van der Waals surface area (Å²) in [6, 6.07) is 8.09. The average molecular weight is 231 g/mol. The first kappa shape index (κ1) is 11.5. The van der Waals surface area contributed by atoms with Crippen molar-refractivity contribution in [1.82, 2.24) is 15.6 Å². The Morgan fingerprint density at radius 1 is 1.35 bits per heavy atom. The van der Waals surface area contributed by atoms with Crippen molar-refractivity contribution in [2.24, 2.45) is 0 Å². The maximum absolute atomic E-state index is 11.1. The number of H-pyrrole nitrogens is 1. The molecule has 2 amide bonds. The van der Waals surface area contributed by atoms with Crippen LogP contribution >= 0.6 is 0 Å². The van der Waals surface area contributed by atoms with E-state index >= 15 is 0 Å². The van der Waals surface area contributed by atoms with E-state index in [0.29, 0.717) is 6.54 Å². The summed E-state index contributed by atoms with van der Waals surface area (Å²) in [4.78, 5) is 14.4. The lowest BCUT2D eigenvalue weighted by atomic mass is 10.1. The highest BCUT2D eigenvalue weighted by atomic mass is 16.2. The topological polar surface area (TPSA) is 56.9 Å². The number of nitrogens with one attached hydrogen (secondary N) is 3. The molecule has 0 saturated heterocycles. The molecule has 0 aliphatic rings. The van der Waals surface area contributed by atoms with Crippen LogP contribution < -0.4 is 10.6 Å². The lowest BCUT2D eigenvalue weighted by Crippen LogP contribution is -2.34. The van der Waals surface area contributed by atoms with Crippen molar-refractivity contribution in [2.45, 2.75) is 13.3 Å². The molecule has 90 valence electrons. The van der Waals surface area contributed by atoms with Gasteiger partial charge in [0, 0.05) is 30.2 Å². The lowest BCUT2D eigenvalue weighted by molar-refractivity contribution is 0.243. The number of aryl methyl sites for hydroxylation is 1. The molecular formula is C13H17N3O. The predicted molar refractivity (Wildman–Crippen MR) is 69.2 cm³/mol. The van der Waals surface area contributed by atoms with Gasteiger partial charge >= 0.3 is 6.03 Å². The summed E-state index contributed by atoms with van der Waals surface area (Å²) in [7, 11) is 1.62. The zero-order valence-corrected chi connectivity index (χ0v) is 10.1. The number of aromatic amines is 1. The Hall–Kier alpha value is -1.97. The van der Waals surface area contributed by atoms with Crippen LogP contribution in [0.2, 0.25) is 0 Å². The Morgan fingerprint density at radius 2 is 2.12 bits per heavy atom. The molecule has 0 aliphatic carbocycles. The molecule has 0 atom stereocenters. The number of carbonyl (C=O) groups is 1. The van der Waals surface area contributed by atoms with Crippen molar-refractivity contribution in [3.05, 3.63) is 35.5 Å². The number of para-hydroxylation sites is 1. The molecule has 1 aromatic heterocycles. The van der Waals surface area contributed by atoms with Gasteiger partial charge in [0.05, 0.1) is 0 Å². The van der Waals surface area contributed by atoms with Crippen molar-refractivity contribution in [1.29, 1.82) is 0 Å². The Labute approximate surface area is 100 Å². The number of aromatic nitrogens is 1. The predicted octanol–water partition coefficient (Wildman–Crippen LogP) is 1.95. The summed E-state index contributed by atoms with van der Waals surface area (Å²) in [6.45, 7) is 2.71. The van der Waals surface area contributed by atoms with Crippen LogP contribution in [0.5, 0.6) is 0 Å². The molecule has 3 N–H and O–H groups in total. The van der Waals surface area contributed by atoms with Crippen molar-refractivity contribution in [2.75, 3.05) is 13.6 Å². The number of fused-ring (bicyclic) bond motifs is 1. The van der Waals surface area contributed by atoms with E-state index in [0.717, 1.165) is 11.9 Å². The first-order chi connectivity index (χ1) is 8.22. The van der Waals surface area contributed by atoms with Gasteiger partial charge in [-0.25, -0.2) is 4.79 Å². The number of hydrogen-bond donors (Lipinski definition) is 3. The van der Waals surface area contributed by atoms with Crippen LogP contribution in [0.15, 0.2) is 24.3 Å². The number of hydrogen-bond acceptors (Lipinski definition) is 1. The summed E-state index contributed by atoms with van der Waals surface area (Å²) in [5.41, 5.74) is 3.60. The molecule has 0 bridgehead atoms. The van der Waals surface area contributed by atoms with Gasteiger partial charge in [0.25, 0.3) is 0 Å². The molecule has 0 saturated carbocycles. The Balaban J connectivity index is 2.12. The average Bonchev–Trinajstić information content (AvgIpc) is 2.66. The highest BCUT2D eigenvalue weighted by Gasteiger charge is 2.07. The fourth-order valence-electron chi connectivity index (χ4n) is 2.05. The van der Waals surface area contributed by atoms with E-state index < -0.39 is 0 Å². The fraction of sp³-hybridized carbons (Fsp3) is 0.308. The number of urea groups is 1. The van der Waals surface area contributed by atoms with Crippen LogP contribution in [0.1, 0.15) is 11.3 Å². The highest BCUT2D eigenvalue weighted by molar-refractivity contribution is 5.84. The van der Waals surface area contributed by atoms with Gasteiger partial charge < -0.3 is 15.6 Å². The van der Waals surface area contributed by atoms with Crippen molar-refractivity contribution >= 4 is 16.9 Å². The van der Waals surface area contributed by atoms with E-state index in [1.807, 2.05) is 12.1 Å². The van der Waals surface area contributed by atoms with Crippen LogP contribution in [-0.4, -0.2) is 24.6 Å². The number of carbonyl (C=O) groups excluding carboxylic acids is 1. The molecule has 0 unspecified atom stereocenters. The van der Waals surface area contributed by atoms with Crippen LogP contribution in [0.4, 0.5) is 4.79 Å². The lowest BCUT2D eigenvalue weighted by Gasteiger charge is -2.04. The molecule has 1 aromatic carbocycles. The molecule has 0 aliphatic heterocycles. The van der Waals surface area contributed by atoms with Crippen LogP contribution in [0, 0.1) is 6.92 Å². The zero-order valence-electron chi connectivity index (χ0n) is 10.1. The van der Waals surface area contributed by atoms with E-state index in [-0.39, 0.29) is 6.03 Å². The normalized spacial score (nSPS) is 10.5. The second-order valence-corrected chi connectivity index (χ2v) is 4.03. The maximum Gasteiger partial charge on any atom is 0.314 e. The van der Waals surface area contributed by atoms with Gasteiger partial charge in [0.1, 0.15) is 0 Å². The van der Waals surface area contributed by atoms with E-state index in [4.69, 9.17) is 0 Å².